The number of carbonyl (C=O) groups excluding carboxylic acids is 2. The van der Waals surface area contributed by atoms with Crippen molar-refractivity contribution in [2.45, 2.75) is 38.2 Å². The van der Waals surface area contributed by atoms with Crippen LogP contribution in [-0.2, 0) is 24.3 Å². The van der Waals surface area contributed by atoms with E-state index in [9.17, 15) is 18.0 Å². The fraction of sp³-hybridized carbons (Fsp3) is 0.381. The van der Waals surface area contributed by atoms with Gasteiger partial charge in [-0.05, 0) is 62.7 Å². The van der Waals surface area contributed by atoms with E-state index in [2.05, 4.69) is 10.5 Å². The Morgan fingerprint density at radius 2 is 1.81 bits per heavy atom. The number of amides is 1. The minimum atomic E-state index is -4.08. The number of halogens is 1. The fourth-order valence-corrected chi connectivity index (χ4v) is 4.17. The summed E-state index contributed by atoms with van der Waals surface area (Å²) in [5.41, 5.74) is 1.44. The quantitative estimate of drug-likeness (QED) is 0.349. The van der Waals surface area contributed by atoms with Crippen LogP contribution in [0.25, 0.3) is 10.8 Å². The van der Waals surface area contributed by atoms with Crippen LogP contribution in [-0.4, -0.2) is 56.3 Å². The van der Waals surface area contributed by atoms with Crippen molar-refractivity contribution in [3.05, 3.63) is 41.4 Å². The number of rotatable bonds is 8. The molecule has 0 saturated heterocycles. The Hall–Kier alpha value is -2.69. The summed E-state index contributed by atoms with van der Waals surface area (Å²) in [7, 11) is -4.08. The van der Waals surface area contributed by atoms with Crippen molar-refractivity contribution >= 4 is 50.7 Å². The van der Waals surface area contributed by atoms with Crippen LogP contribution in [0.5, 0.6) is 0 Å². The Morgan fingerprint density at radius 3 is 2.47 bits per heavy atom. The number of carbonyl (C=O) groups is 2. The third-order valence-corrected chi connectivity index (χ3v) is 6.00. The molecule has 0 bridgehead atoms. The standard InChI is InChI=1S/C21H26ClN3O6S/c1-5-30-19(26)14-25(11-10-23-24-20(27)31-21(2,3)4)32(28,29)18-9-7-15-12-17(22)8-6-16(15)13-18/h6-10,12-13H,5,11,14H2,1-4H3,(H,24,27). The number of sulfonamides is 1. The molecule has 0 aliphatic rings. The van der Waals surface area contributed by atoms with Crippen molar-refractivity contribution < 1.29 is 27.5 Å². The van der Waals surface area contributed by atoms with Crippen LogP contribution in [0.3, 0.4) is 0 Å². The average Bonchev–Trinajstić information content (AvgIpc) is 2.68. The van der Waals surface area contributed by atoms with E-state index in [0.29, 0.717) is 10.4 Å². The molecule has 9 nitrogen and oxygen atoms in total. The molecular weight excluding hydrogens is 458 g/mol. The molecule has 11 heteroatoms. The Kier molecular flexibility index (Phi) is 8.59. The summed E-state index contributed by atoms with van der Waals surface area (Å²) >= 11 is 5.98. The number of hydrazone groups is 1. The van der Waals surface area contributed by atoms with Gasteiger partial charge in [0.15, 0.2) is 0 Å². The van der Waals surface area contributed by atoms with Crippen LogP contribution < -0.4 is 5.43 Å². The van der Waals surface area contributed by atoms with Gasteiger partial charge in [0.2, 0.25) is 10.0 Å². The molecule has 2 aromatic rings. The number of esters is 1. The van der Waals surface area contributed by atoms with Gasteiger partial charge in [0.05, 0.1) is 18.0 Å². The molecule has 0 spiro atoms. The molecule has 1 amide bonds. The number of hydrogen-bond donors (Lipinski definition) is 1. The predicted molar refractivity (Wildman–Crippen MR) is 122 cm³/mol. The number of nitrogens with one attached hydrogen (secondary N) is 1. The highest BCUT2D eigenvalue weighted by Crippen LogP contribution is 2.24. The van der Waals surface area contributed by atoms with Crippen molar-refractivity contribution in [2.75, 3.05) is 19.7 Å². The lowest BCUT2D eigenvalue weighted by atomic mass is 10.1. The molecule has 0 atom stereocenters. The van der Waals surface area contributed by atoms with Gasteiger partial charge in [0, 0.05) is 11.2 Å². The molecule has 0 radical (unpaired) electrons. The molecule has 0 aliphatic heterocycles. The van der Waals surface area contributed by atoms with Gasteiger partial charge in [-0.1, -0.05) is 23.7 Å². The normalized spacial score (nSPS) is 12.3. The third-order valence-electron chi connectivity index (χ3n) is 3.95. The number of hydrogen-bond acceptors (Lipinski definition) is 7. The number of nitrogens with zero attached hydrogens (tertiary/aromatic N) is 2. The minimum Gasteiger partial charge on any atom is -0.465 e. The molecule has 0 saturated carbocycles. The average molecular weight is 484 g/mol. The third kappa shape index (κ3) is 7.47. The minimum absolute atomic E-state index is 0.00915. The maximum Gasteiger partial charge on any atom is 0.428 e. The Balaban J connectivity index is 2.24. The molecule has 174 valence electrons. The second-order valence-corrected chi connectivity index (χ2v) is 10.1. The first-order chi connectivity index (χ1) is 14.9. The predicted octanol–water partition coefficient (Wildman–Crippen LogP) is 3.56. The van der Waals surface area contributed by atoms with E-state index in [1.807, 2.05) is 0 Å². The first-order valence-corrected chi connectivity index (χ1v) is 11.6. The molecule has 1 N–H and O–H groups in total. The molecule has 2 rings (SSSR count). The van der Waals surface area contributed by atoms with Crippen LogP contribution in [0.2, 0.25) is 5.02 Å². The van der Waals surface area contributed by atoms with Gasteiger partial charge in [-0.2, -0.15) is 9.41 Å². The van der Waals surface area contributed by atoms with Crippen LogP contribution in [0.1, 0.15) is 27.7 Å². The summed E-state index contributed by atoms with van der Waals surface area (Å²) in [6, 6.07) is 9.65. The number of ether oxygens (including phenoxy) is 2. The molecule has 0 heterocycles. The van der Waals surface area contributed by atoms with Gasteiger partial charge in [-0.15, -0.1) is 0 Å². The van der Waals surface area contributed by atoms with Crippen molar-refractivity contribution in [3.8, 4) is 0 Å². The van der Waals surface area contributed by atoms with Gasteiger partial charge >= 0.3 is 12.1 Å². The summed E-state index contributed by atoms with van der Waals surface area (Å²) in [5.74, 6) is -0.711. The second kappa shape index (κ2) is 10.8. The van der Waals surface area contributed by atoms with E-state index in [1.54, 1.807) is 52.0 Å². The lowest BCUT2D eigenvalue weighted by Crippen LogP contribution is -2.38. The Morgan fingerprint density at radius 1 is 1.16 bits per heavy atom. The monoisotopic (exact) mass is 483 g/mol. The molecule has 0 unspecified atom stereocenters. The van der Waals surface area contributed by atoms with Crippen LogP contribution >= 0.6 is 11.6 Å². The van der Waals surface area contributed by atoms with Crippen LogP contribution in [0.4, 0.5) is 4.79 Å². The van der Waals surface area contributed by atoms with Crippen LogP contribution in [0, 0.1) is 0 Å². The lowest BCUT2D eigenvalue weighted by molar-refractivity contribution is -0.143. The molecule has 2 aromatic carbocycles. The van der Waals surface area contributed by atoms with Crippen molar-refractivity contribution in [1.29, 1.82) is 0 Å². The highest BCUT2D eigenvalue weighted by atomic mass is 35.5. The molecular formula is C21H26ClN3O6S. The second-order valence-electron chi connectivity index (χ2n) is 7.68. The van der Waals surface area contributed by atoms with Gasteiger partial charge < -0.3 is 9.47 Å². The van der Waals surface area contributed by atoms with Gasteiger partial charge in [0.25, 0.3) is 0 Å². The maximum absolute atomic E-state index is 13.2. The van der Waals surface area contributed by atoms with E-state index in [0.717, 1.165) is 15.9 Å². The van der Waals surface area contributed by atoms with E-state index >= 15 is 0 Å². The highest BCUT2D eigenvalue weighted by Gasteiger charge is 2.27. The molecule has 32 heavy (non-hydrogen) atoms. The summed E-state index contributed by atoms with van der Waals surface area (Å²) in [6.45, 7) is 6.02. The molecule has 0 aliphatic carbocycles. The maximum atomic E-state index is 13.2. The van der Waals surface area contributed by atoms with E-state index in [4.69, 9.17) is 21.1 Å². The first-order valence-electron chi connectivity index (χ1n) is 9.78. The Labute approximate surface area is 192 Å². The van der Waals surface area contributed by atoms with Gasteiger partial charge in [-0.25, -0.2) is 18.6 Å². The summed E-state index contributed by atoms with van der Waals surface area (Å²) in [6.07, 6.45) is 0.364. The lowest BCUT2D eigenvalue weighted by Gasteiger charge is -2.20. The van der Waals surface area contributed by atoms with Crippen LogP contribution in [0.15, 0.2) is 46.4 Å². The zero-order valence-corrected chi connectivity index (χ0v) is 19.9. The van der Waals surface area contributed by atoms with Crippen molar-refractivity contribution in [1.82, 2.24) is 9.73 Å². The number of fused-ring (bicyclic) bond motifs is 1. The zero-order valence-electron chi connectivity index (χ0n) is 18.3. The Bertz CT molecular complexity index is 1110. The smallest absolute Gasteiger partial charge is 0.428 e. The van der Waals surface area contributed by atoms with E-state index < -0.39 is 34.2 Å². The largest absolute Gasteiger partial charge is 0.465 e. The first kappa shape index (κ1) is 25.6. The molecule has 0 aromatic heterocycles. The molecule has 0 fully saturated rings. The van der Waals surface area contributed by atoms with Gasteiger partial charge in [-0.3, -0.25) is 4.79 Å². The van der Waals surface area contributed by atoms with Gasteiger partial charge in [0.1, 0.15) is 12.1 Å². The van der Waals surface area contributed by atoms with Crippen molar-refractivity contribution in [3.63, 3.8) is 0 Å². The topological polar surface area (TPSA) is 114 Å². The summed E-state index contributed by atoms with van der Waals surface area (Å²) in [5, 5.41) is 5.67. The SMILES string of the molecule is CCOC(=O)CN(CC=NNC(=O)OC(C)(C)C)S(=O)(=O)c1ccc2cc(Cl)ccc2c1. The zero-order chi connectivity index (χ0) is 23.9. The van der Waals surface area contributed by atoms with E-state index in [-0.39, 0.29) is 18.0 Å². The number of benzene rings is 2. The summed E-state index contributed by atoms with van der Waals surface area (Å²) in [4.78, 5) is 23.7. The highest BCUT2D eigenvalue weighted by molar-refractivity contribution is 7.89. The van der Waals surface area contributed by atoms with E-state index in [1.165, 1.54) is 12.1 Å². The summed E-state index contributed by atoms with van der Waals surface area (Å²) < 4.78 is 37.3. The van der Waals surface area contributed by atoms with Crippen molar-refractivity contribution in [2.24, 2.45) is 5.10 Å². The fourth-order valence-electron chi connectivity index (χ4n) is 2.63.